The topological polar surface area (TPSA) is 38.5 Å². The van der Waals surface area contributed by atoms with E-state index in [-0.39, 0.29) is 43.0 Å². The van der Waals surface area contributed by atoms with E-state index in [1.807, 2.05) is 4.90 Å². The van der Waals surface area contributed by atoms with Crippen LogP contribution in [0.5, 0.6) is 0 Å². The first-order chi connectivity index (χ1) is 9.40. The molecule has 1 fully saturated rings. The maximum atomic E-state index is 13.7. The molecular formula is C13H18Cl2F4N2O. The van der Waals surface area contributed by atoms with E-state index in [0.717, 1.165) is 6.07 Å². The van der Waals surface area contributed by atoms with Crippen molar-refractivity contribution in [3.8, 4) is 0 Å². The van der Waals surface area contributed by atoms with Crippen LogP contribution < -0.4 is 5.73 Å². The molecule has 0 amide bonds. The van der Waals surface area contributed by atoms with Crippen LogP contribution in [0.4, 0.5) is 17.6 Å². The van der Waals surface area contributed by atoms with E-state index in [0.29, 0.717) is 32.3 Å². The number of morpholine rings is 1. The lowest BCUT2D eigenvalue weighted by Crippen LogP contribution is -2.45. The molecule has 1 aliphatic rings. The lowest BCUT2D eigenvalue weighted by atomic mass is 10.1. The number of nitrogens with two attached hydrogens (primary N) is 1. The zero-order valence-corrected chi connectivity index (χ0v) is 13.2. The Morgan fingerprint density at radius 1 is 1.27 bits per heavy atom. The summed E-state index contributed by atoms with van der Waals surface area (Å²) in [5, 5.41) is 0. The Bertz CT molecular complexity index is 474. The summed E-state index contributed by atoms with van der Waals surface area (Å²) >= 11 is 0. The number of benzene rings is 1. The molecule has 1 atom stereocenters. The van der Waals surface area contributed by atoms with Gasteiger partial charge in [0.2, 0.25) is 0 Å². The molecule has 2 N–H and O–H groups in total. The highest BCUT2D eigenvalue weighted by Gasteiger charge is 2.31. The second-order valence-corrected chi connectivity index (χ2v) is 4.77. The molecular weight excluding hydrogens is 347 g/mol. The van der Waals surface area contributed by atoms with Gasteiger partial charge in [0.15, 0.2) is 0 Å². The Kier molecular flexibility index (Phi) is 8.64. The van der Waals surface area contributed by atoms with Gasteiger partial charge in [-0.05, 0) is 12.1 Å². The highest BCUT2D eigenvalue weighted by Crippen LogP contribution is 2.30. The number of hydrogen-bond acceptors (Lipinski definition) is 3. The Hall–Kier alpha value is -0.600. The molecule has 1 aliphatic heterocycles. The van der Waals surface area contributed by atoms with Gasteiger partial charge in [0.05, 0.1) is 18.3 Å². The van der Waals surface area contributed by atoms with Gasteiger partial charge in [0.25, 0.3) is 0 Å². The van der Waals surface area contributed by atoms with Crippen molar-refractivity contribution in [3.63, 3.8) is 0 Å². The second-order valence-electron chi connectivity index (χ2n) is 4.77. The van der Waals surface area contributed by atoms with Gasteiger partial charge in [0.1, 0.15) is 5.82 Å². The fraction of sp³-hybridized carbons (Fsp3) is 0.538. The predicted molar refractivity (Wildman–Crippen MR) is 80.0 cm³/mol. The second kappa shape index (κ2) is 8.88. The molecule has 9 heteroatoms. The third-order valence-electron chi connectivity index (χ3n) is 3.26. The van der Waals surface area contributed by atoms with Crippen molar-refractivity contribution in [3.05, 3.63) is 35.1 Å². The van der Waals surface area contributed by atoms with Crippen molar-refractivity contribution in [1.82, 2.24) is 4.90 Å². The van der Waals surface area contributed by atoms with Gasteiger partial charge < -0.3 is 10.5 Å². The first-order valence-corrected chi connectivity index (χ1v) is 6.30. The minimum Gasteiger partial charge on any atom is -0.374 e. The molecule has 0 spiro atoms. The first-order valence-electron chi connectivity index (χ1n) is 6.30. The molecule has 0 radical (unpaired) electrons. The first kappa shape index (κ1) is 21.4. The molecule has 1 aromatic carbocycles. The third kappa shape index (κ3) is 5.55. The SMILES string of the molecule is Cl.Cl.NCC1CN(Cc2ccc(C(F)(F)F)cc2F)CCO1. The molecule has 1 heterocycles. The van der Waals surface area contributed by atoms with Gasteiger partial charge in [-0.15, -0.1) is 24.8 Å². The van der Waals surface area contributed by atoms with Crippen molar-refractivity contribution in [2.45, 2.75) is 18.8 Å². The van der Waals surface area contributed by atoms with E-state index in [9.17, 15) is 17.6 Å². The smallest absolute Gasteiger partial charge is 0.374 e. The van der Waals surface area contributed by atoms with Crippen LogP contribution in [-0.2, 0) is 17.5 Å². The van der Waals surface area contributed by atoms with Crippen molar-refractivity contribution < 1.29 is 22.3 Å². The summed E-state index contributed by atoms with van der Waals surface area (Å²) in [6.07, 6.45) is -4.63. The molecule has 2 rings (SSSR count). The Morgan fingerprint density at radius 3 is 2.50 bits per heavy atom. The summed E-state index contributed by atoms with van der Waals surface area (Å²) in [5.41, 5.74) is 4.78. The Labute approximate surface area is 138 Å². The van der Waals surface area contributed by atoms with E-state index in [4.69, 9.17) is 10.5 Å². The molecule has 1 aromatic rings. The normalized spacial score (nSPS) is 19.2. The molecule has 22 heavy (non-hydrogen) atoms. The minimum absolute atomic E-state index is 0. The minimum atomic E-state index is -4.52. The average Bonchev–Trinajstić information content (AvgIpc) is 2.40. The number of hydrogen-bond donors (Lipinski definition) is 1. The van der Waals surface area contributed by atoms with E-state index >= 15 is 0 Å². The Balaban J connectivity index is 0.00000220. The standard InChI is InChI=1S/C13H16F4N2O.2ClH/c14-12-5-10(13(15,16)17)2-1-9(12)7-19-3-4-20-11(6-18)8-19;;/h1-2,5,11H,3-4,6-8,18H2;2*1H. The van der Waals surface area contributed by atoms with Gasteiger partial charge in [-0.3, -0.25) is 4.90 Å². The molecule has 1 unspecified atom stereocenters. The van der Waals surface area contributed by atoms with Crippen LogP contribution >= 0.6 is 24.8 Å². The molecule has 3 nitrogen and oxygen atoms in total. The highest BCUT2D eigenvalue weighted by molar-refractivity contribution is 5.85. The molecule has 0 bridgehead atoms. The van der Waals surface area contributed by atoms with E-state index in [1.54, 1.807) is 0 Å². The average molecular weight is 365 g/mol. The summed E-state index contributed by atoms with van der Waals surface area (Å²) in [6.45, 7) is 2.27. The van der Waals surface area contributed by atoms with E-state index < -0.39 is 17.6 Å². The van der Waals surface area contributed by atoms with Crippen LogP contribution in [0.1, 0.15) is 11.1 Å². The van der Waals surface area contributed by atoms with Crippen molar-refractivity contribution in [1.29, 1.82) is 0 Å². The maximum absolute atomic E-state index is 13.7. The molecule has 1 saturated heterocycles. The lowest BCUT2D eigenvalue weighted by Gasteiger charge is -2.32. The third-order valence-corrected chi connectivity index (χ3v) is 3.26. The number of ether oxygens (including phenoxy) is 1. The van der Waals surface area contributed by atoms with Crippen LogP contribution in [0.15, 0.2) is 18.2 Å². The fourth-order valence-corrected chi connectivity index (χ4v) is 2.16. The summed E-state index contributed by atoms with van der Waals surface area (Å²) in [6, 6.07) is 2.63. The number of alkyl halides is 3. The van der Waals surface area contributed by atoms with E-state index in [1.165, 1.54) is 6.07 Å². The van der Waals surface area contributed by atoms with Crippen LogP contribution in [0.2, 0.25) is 0 Å². The zero-order chi connectivity index (χ0) is 14.8. The summed E-state index contributed by atoms with van der Waals surface area (Å²) in [5.74, 6) is -0.837. The number of rotatable bonds is 3. The van der Waals surface area contributed by atoms with Crippen molar-refractivity contribution in [2.75, 3.05) is 26.2 Å². The van der Waals surface area contributed by atoms with Crippen LogP contribution in [0, 0.1) is 5.82 Å². The van der Waals surface area contributed by atoms with Crippen molar-refractivity contribution >= 4 is 24.8 Å². The largest absolute Gasteiger partial charge is 0.416 e. The summed E-state index contributed by atoms with van der Waals surface area (Å²) in [7, 11) is 0. The Morgan fingerprint density at radius 2 is 1.95 bits per heavy atom. The van der Waals surface area contributed by atoms with Crippen LogP contribution in [0.3, 0.4) is 0 Å². The number of nitrogens with zero attached hydrogens (tertiary/aromatic N) is 1. The number of halogens is 6. The predicted octanol–water partition coefficient (Wildman–Crippen LogP) is 2.85. The van der Waals surface area contributed by atoms with Crippen LogP contribution in [-0.4, -0.2) is 37.2 Å². The van der Waals surface area contributed by atoms with Gasteiger partial charge in [-0.25, -0.2) is 4.39 Å². The molecule has 0 aromatic heterocycles. The molecule has 0 aliphatic carbocycles. The quantitative estimate of drug-likeness (QED) is 0.838. The fourth-order valence-electron chi connectivity index (χ4n) is 2.16. The molecule has 128 valence electrons. The monoisotopic (exact) mass is 364 g/mol. The van der Waals surface area contributed by atoms with Crippen LogP contribution in [0.25, 0.3) is 0 Å². The zero-order valence-electron chi connectivity index (χ0n) is 11.6. The molecule has 0 saturated carbocycles. The highest BCUT2D eigenvalue weighted by atomic mass is 35.5. The van der Waals surface area contributed by atoms with E-state index in [2.05, 4.69) is 0 Å². The maximum Gasteiger partial charge on any atom is 0.416 e. The van der Waals surface area contributed by atoms with Gasteiger partial charge in [-0.2, -0.15) is 13.2 Å². The lowest BCUT2D eigenvalue weighted by molar-refractivity contribution is -0.137. The summed E-state index contributed by atoms with van der Waals surface area (Å²) < 4.78 is 56.5. The summed E-state index contributed by atoms with van der Waals surface area (Å²) in [4.78, 5) is 1.92. The van der Waals surface area contributed by atoms with Gasteiger partial charge >= 0.3 is 6.18 Å². The van der Waals surface area contributed by atoms with Gasteiger partial charge in [-0.1, -0.05) is 6.07 Å². The van der Waals surface area contributed by atoms with Gasteiger partial charge in [0, 0.05) is 31.7 Å². The van der Waals surface area contributed by atoms with Crippen molar-refractivity contribution in [2.24, 2.45) is 5.73 Å².